The van der Waals surface area contributed by atoms with Crippen LogP contribution in [0.2, 0.25) is 0 Å². The van der Waals surface area contributed by atoms with Gasteiger partial charge in [0, 0.05) is 24.4 Å². The van der Waals surface area contributed by atoms with Gasteiger partial charge in [0.05, 0.1) is 14.2 Å². The highest BCUT2D eigenvalue weighted by atomic mass is 16.6. The SMILES string of the molecule is COc1cc(OC)cc([C@@H]2C=C[C@@H]3CCC[C@@]4(O)[C@@H]3[C@H]2[C@H](C)CN4C(=O)OC(C)(C)C)c1. The fourth-order valence-corrected chi connectivity index (χ4v) is 6.21. The number of nitrogens with zero attached hydrogens (tertiary/aromatic N) is 1. The van der Waals surface area contributed by atoms with Gasteiger partial charge in [-0.05, 0) is 75.5 Å². The van der Waals surface area contributed by atoms with Crippen LogP contribution in [-0.4, -0.2) is 48.2 Å². The summed E-state index contributed by atoms with van der Waals surface area (Å²) in [4.78, 5) is 14.8. The van der Waals surface area contributed by atoms with E-state index in [1.165, 1.54) is 0 Å². The second-order valence-electron chi connectivity index (χ2n) is 10.7. The number of methoxy groups -OCH3 is 2. The molecule has 4 rings (SSSR count). The van der Waals surface area contributed by atoms with Crippen molar-refractivity contribution in [1.29, 1.82) is 0 Å². The third-order valence-corrected chi connectivity index (χ3v) is 7.44. The summed E-state index contributed by atoms with van der Waals surface area (Å²) in [6.07, 6.45) is 6.64. The molecular formula is C26H37NO5. The molecule has 0 aromatic heterocycles. The maximum absolute atomic E-state index is 13.2. The quantitative estimate of drug-likeness (QED) is 0.669. The number of hydrogen-bond donors (Lipinski definition) is 1. The molecule has 176 valence electrons. The van der Waals surface area contributed by atoms with Crippen LogP contribution in [0.3, 0.4) is 0 Å². The van der Waals surface area contributed by atoms with Crippen LogP contribution in [-0.2, 0) is 4.74 Å². The van der Waals surface area contributed by atoms with Gasteiger partial charge in [-0.3, -0.25) is 4.90 Å². The molecule has 1 heterocycles. The molecule has 1 N–H and O–H groups in total. The lowest BCUT2D eigenvalue weighted by atomic mass is 9.54. The number of benzene rings is 1. The van der Waals surface area contributed by atoms with Crippen molar-refractivity contribution in [2.45, 2.75) is 64.2 Å². The first kappa shape index (κ1) is 23.0. The molecule has 0 spiro atoms. The highest BCUT2D eigenvalue weighted by Gasteiger charge is 2.60. The maximum atomic E-state index is 13.2. The number of ether oxygens (including phenoxy) is 3. The minimum absolute atomic E-state index is 0.0419. The summed E-state index contributed by atoms with van der Waals surface area (Å²) in [6.45, 7) is 8.26. The Kier molecular flexibility index (Phi) is 5.95. The lowest BCUT2D eigenvalue weighted by Gasteiger charge is -2.60. The van der Waals surface area contributed by atoms with Crippen molar-refractivity contribution in [1.82, 2.24) is 4.90 Å². The van der Waals surface area contributed by atoms with E-state index in [0.717, 1.165) is 29.9 Å². The normalized spacial score (nSPS) is 34.0. The molecule has 2 fully saturated rings. The van der Waals surface area contributed by atoms with Crippen LogP contribution in [0.15, 0.2) is 30.4 Å². The zero-order chi connectivity index (χ0) is 23.3. The highest BCUT2D eigenvalue weighted by Crippen LogP contribution is 2.57. The van der Waals surface area contributed by atoms with Gasteiger partial charge in [-0.1, -0.05) is 19.1 Å². The maximum Gasteiger partial charge on any atom is 0.412 e. The zero-order valence-corrected chi connectivity index (χ0v) is 20.1. The monoisotopic (exact) mass is 443 g/mol. The summed E-state index contributed by atoms with van der Waals surface area (Å²) in [5, 5.41) is 12.0. The Morgan fingerprint density at radius 3 is 2.38 bits per heavy atom. The number of carbonyl (C=O) groups is 1. The number of allylic oxidation sites excluding steroid dienone is 2. The van der Waals surface area contributed by atoms with Gasteiger partial charge < -0.3 is 19.3 Å². The fourth-order valence-electron chi connectivity index (χ4n) is 6.21. The van der Waals surface area contributed by atoms with E-state index in [2.05, 4.69) is 31.2 Å². The van der Waals surface area contributed by atoms with E-state index < -0.39 is 17.4 Å². The van der Waals surface area contributed by atoms with E-state index in [9.17, 15) is 9.90 Å². The van der Waals surface area contributed by atoms with E-state index in [0.29, 0.717) is 13.0 Å². The van der Waals surface area contributed by atoms with E-state index in [1.807, 2.05) is 26.8 Å². The lowest BCUT2D eigenvalue weighted by molar-refractivity contribution is -0.221. The second kappa shape index (κ2) is 8.29. The standard InChI is InChI=1S/C26H37NO5/c1-16-15-27(24(28)32-25(2,3)4)26(29)11-7-8-17-9-10-21(22(16)23(17)26)18-12-19(30-5)14-20(13-18)31-6/h9-10,12-14,16-17,21-23,29H,7-8,11,15H2,1-6H3/t16-,17+,21+,22+,23+,26-/m1/s1. The van der Waals surface area contributed by atoms with Crippen LogP contribution in [0, 0.1) is 23.7 Å². The van der Waals surface area contributed by atoms with Gasteiger partial charge in [-0.15, -0.1) is 0 Å². The van der Waals surface area contributed by atoms with Gasteiger partial charge in [0.25, 0.3) is 0 Å². The van der Waals surface area contributed by atoms with Gasteiger partial charge in [0.15, 0.2) is 0 Å². The molecule has 6 atom stereocenters. The van der Waals surface area contributed by atoms with Gasteiger partial charge in [0.2, 0.25) is 0 Å². The van der Waals surface area contributed by atoms with E-state index >= 15 is 0 Å². The molecule has 1 amide bonds. The molecule has 1 aromatic carbocycles. The minimum Gasteiger partial charge on any atom is -0.497 e. The van der Waals surface area contributed by atoms with Crippen LogP contribution in [0.25, 0.3) is 0 Å². The van der Waals surface area contributed by atoms with Crippen LogP contribution in [0.5, 0.6) is 11.5 Å². The number of amides is 1. The number of rotatable bonds is 3. The molecule has 1 saturated carbocycles. The van der Waals surface area contributed by atoms with Crippen molar-refractivity contribution < 1.29 is 24.1 Å². The van der Waals surface area contributed by atoms with Crippen LogP contribution in [0.4, 0.5) is 4.79 Å². The molecule has 2 aliphatic carbocycles. The molecule has 0 bridgehead atoms. The Labute approximate surface area is 191 Å². The average molecular weight is 444 g/mol. The minimum atomic E-state index is -1.20. The Balaban J connectivity index is 1.74. The molecule has 1 aromatic rings. The Bertz CT molecular complexity index is 868. The predicted octanol–water partition coefficient (Wildman–Crippen LogP) is 4.97. The molecule has 6 heteroatoms. The predicted molar refractivity (Wildman–Crippen MR) is 123 cm³/mol. The number of aliphatic hydroxyl groups is 1. The first-order valence-electron chi connectivity index (χ1n) is 11.7. The van der Waals surface area contributed by atoms with Crippen molar-refractivity contribution in [3.63, 3.8) is 0 Å². The van der Waals surface area contributed by atoms with Gasteiger partial charge in [0.1, 0.15) is 22.8 Å². The van der Waals surface area contributed by atoms with E-state index in [1.54, 1.807) is 19.1 Å². The first-order valence-corrected chi connectivity index (χ1v) is 11.7. The molecule has 6 nitrogen and oxygen atoms in total. The lowest BCUT2D eigenvalue weighted by Crippen LogP contribution is -2.68. The van der Waals surface area contributed by atoms with E-state index in [-0.39, 0.29) is 29.6 Å². The van der Waals surface area contributed by atoms with Crippen LogP contribution >= 0.6 is 0 Å². The summed E-state index contributed by atoms with van der Waals surface area (Å²) >= 11 is 0. The van der Waals surface area contributed by atoms with Crippen LogP contribution in [0.1, 0.15) is 58.4 Å². The molecule has 0 radical (unpaired) electrons. The smallest absolute Gasteiger partial charge is 0.412 e. The summed E-state index contributed by atoms with van der Waals surface area (Å²) in [5.74, 6) is 2.22. The number of hydrogen-bond acceptors (Lipinski definition) is 5. The number of piperidine rings is 1. The van der Waals surface area contributed by atoms with Crippen molar-refractivity contribution in [2.24, 2.45) is 23.7 Å². The molecule has 3 aliphatic rings. The number of likely N-dealkylation sites (tertiary alicyclic amines) is 1. The highest BCUT2D eigenvalue weighted by molar-refractivity contribution is 5.69. The van der Waals surface area contributed by atoms with Crippen LogP contribution < -0.4 is 9.47 Å². The van der Waals surface area contributed by atoms with Crippen molar-refractivity contribution in [3.8, 4) is 11.5 Å². The zero-order valence-electron chi connectivity index (χ0n) is 20.1. The molecular weight excluding hydrogens is 406 g/mol. The summed E-state index contributed by atoms with van der Waals surface area (Å²) in [5.41, 5.74) is -0.686. The van der Waals surface area contributed by atoms with E-state index in [4.69, 9.17) is 14.2 Å². The van der Waals surface area contributed by atoms with Crippen molar-refractivity contribution in [3.05, 3.63) is 35.9 Å². The van der Waals surface area contributed by atoms with Gasteiger partial charge >= 0.3 is 6.09 Å². The first-order chi connectivity index (χ1) is 15.1. The van der Waals surface area contributed by atoms with Gasteiger partial charge in [-0.25, -0.2) is 4.79 Å². The summed E-state index contributed by atoms with van der Waals surface area (Å²) in [7, 11) is 3.32. The largest absolute Gasteiger partial charge is 0.497 e. The third-order valence-electron chi connectivity index (χ3n) is 7.44. The third kappa shape index (κ3) is 3.98. The van der Waals surface area contributed by atoms with Crippen molar-refractivity contribution >= 4 is 6.09 Å². The summed E-state index contributed by atoms with van der Waals surface area (Å²) < 4.78 is 16.7. The average Bonchev–Trinajstić information content (AvgIpc) is 2.74. The summed E-state index contributed by atoms with van der Waals surface area (Å²) in [6, 6.07) is 6.00. The molecule has 1 aliphatic heterocycles. The topological polar surface area (TPSA) is 68.2 Å². The fraction of sp³-hybridized carbons (Fsp3) is 0.654. The molecule has 0 unspecified atom stereocenters. The molecule has 1 saturated heterocycles. The Morgan fingerprint density at radius 2 is 1.78 bits per heavy atom. The Morgan fingerprint density at radius 1 is 1.12 bits per heavy atom. The number of carbonyl (C=O) groups excluding carboxylic acids is 1. The van der Waals surface area contributed by atoms with Gasteiger partial charge in [-0.2, -0.15) is 0 Å². The Hall–Kier alpha value is -2.21. The van der Waals surface area contributed by atoms with Crippen molar-refractivity contribution in [2.75, 3.05) is 20.8 Å². The second-order valence-corrected chi connectivity index (χ2v) is 10.7. The molecule has 32 heavy (non-hydrogen) atoms.